The van der Waals surface area contributed by atoms with Crippen molar-refractivity contribution in [2.24, 2.45) is 0 Å². The predicted octanol–water partition coefficient (Wildman–Crippen LogP) is -0.293. The van der Waals surface area contributed by atoms with Crippen LogP contribution < -0.4 is 5.32 Å². The lowest BCUT2D eigenvalue weighted by atomic mass is 10.2. The van der Waals surface area contributed by atoms with Gasteiger partial charge in [0, 0.05) is 21.1 Å². The quantitative estimate of drug-likeness (QED) is 0.748. The summed E-state index contributed by atoms with van der Waals surface area (Å²) in [6, 6.07) is -0.0926. The van der Waals surface area contributed by atoms with Crippen molar-refractivity contribution in [3.63, 3.8) is 0 Å². The van der Waals surface area contributed by atoms with Crippen molar-refractivity contribution in [1.82, 2.24) is 15.1 Å². The molecule has 0 saturated carbocycles. The van der Waals surface area contributed by atoms with Crippen molar-refractivity contribution < 1.29 is 9.59 Å². The Morgan fingerprint density at radius 3 is 2.38 bits per heavy atom. The first kappa shape index (κ1) is 15.2. The average molecular weight is 250 g/mol. The van der Waals surface area contributed by atoms with E-state index in [1.807, 2.05) is 0 Å². The number of halogens is 1. The summed E-state index contributed by atoms with van der Waals surface area (Å²) in [7, 11) is 5.05. The molecule has 1 rings (SSSR count). The van der Waals surface area contributed by atoms with Gasteiger partial charge in [-0.1, -0.05) is 0 Å². The molecule has 1 aliphatic heterocycles. The Balaban J connectivity index is 0.00000225. The minimum atomic E-state index is -0.0926. The molecule has 0 aromatic heterocycles. The molecule has 0 aromatic rings. The van der Waals surface area contributed by atoms with Crippen LogP contribution >= 0.6 is 12.4 Å². The Morgan fingerprint density at radius 1 is 1.31 bits per heavy atom. The Hall–Kier alpha value is -0.810. The number of carbonyl (C=O) groups excluding carboxylic acids is 2. The van der Waals surface area contributed by atoms with E-state index in [0.29, 0.717) is 0 Å². The standard InChI is InChI=1S/C10H19N3O2.ClH/c1-12(2)9(14)7-13(3)10(15)8-5-4-6-11-8;/h8,11H,4-7H2,1-3H3;1H. The van der Waals surface area contributed by atoms with Crippen LogP contribution in [0, 0.1) is 0 Å². The summed E-state index contributed by atoms with van der Waals surface area (Å²) >= 11 is 0. The third kappa shape index (κ3) is 3.98. The van der Waals surface area contributed by atoms with Crippen molar-refractivity contribution in [1.29, 1.82) is 0 Å². The van der Waals surface area contributed by atoms with E-state index in [1.54, 1.807) is 21.1 Å². The molecule has 1 atom stereocenters. The second kappa shape index (κ2) is 6.70. The van der Waals surface area contributed by atoms with Gasteiger partial charge in [-0.05, 0) is 19.4 Å². The number of nitrogens with zero attached hydrogens (tertiary/aromatic N) is 2. The third-order valence-electron chi connectivity index (χ3n) is 2.61. The van der Waals surface area contributed by atoms with E-state index in [9.17, 15) is 9.59 Å². The summed E-state index contributed by atoms with van der Waals surface area (Å²) in [5.41, 5.74) is 0. The van der Waals surface area contributed by atoms with Gasteiger partial charge in [0.25, 0.3) is 0 Å². The molecule has 16 heavy (non-hydrogen) atoms. The van der Waals surface area contributed by atoms with Gasteiger partial charge >= 0.3 is 0 Å². The van der Waals surface area contributed by atoms with Crippen LogP contribution in [0.5, 0.6) is 0 Å². The largest absolute Gasteiger partial charge is 0.347 e. The topological polar surface area (TPSA) is 52.7 Å². The van der Waals surface area contributed by atoms with E-state index in [4.69, 9.17) is 0 Å². The number of rotatable bonds is 3. The van der Waals surface area contributed by atoms with Gasteiger partial charge < -0.3 is 15.1 Å². The number of hydrogen-bond acceptors (Lipinski definition) is 3. The molecular formula is C10H20ClN3O2. The first-order valence-corrected chi connectivity index (χ1v) is 5.21. The first-order chi connectivity index (χ1) is 7.02. The highest BCUT2D eigenvalue weighted by Gasteiger charge is 2.25. The number of hydrogen-bond donors (Lipinski definition) is 1. The van der Waals surface area contributed by atoms with E-state index in [-0.39, 0.29) is 36.8 Å². The average Bonchev–Trinajstić information content (AvgIpc) is 2.68. The molecule has 5 nitrogen and oxygen atoms in total. The van der Waals surface area contributed by atoms with Crippen LogP contribution in [0.4, 0.5) is 0 Å². The van der Waals surface area contributed by atoms with Gasteiger partial charge in [-0.3, -0.25) is 9.59 Å². The molecule has 2 amide bonds. The maximum Gasteiger partial charge on any atom is 0.241 e. The normalized spacial score (nSPS) is 18.8. The zero-order valence-corrected chi connectivity index (χ0v) is 10.8. The lowest BCUT2D eigenvalue weighted by Crippen LogP contribution is -2.45. The second-order valence-corrected chi connectivity index (χ2v) is 4.13. The monoisotopic (exact) mass is 249 g/mol. The van der Waals surface area contributed by atoms with Gasteiger partial charge in [-0.2, -0.15) is 0 Å². The number of nitrogens with one attached hydrogen (secondary N) is 1. The highest BCUT2D eigenvalue weighted by atomic mass is 35.5. The minimum Gasteiger partial charge on any atom is -0.347 e. The minimum absolute atomic E-state index is 0. The van der Waals surface area contributed by atoms with E-state index in [1.165, 1.54) is 9.80 Å². The molecule has 0 spiro atoms. The lowest BCUT2D eigenvalue weighted by Gasteiger charge is -2.22. The third-order valence-corrected chi connectivity index (χ3v) is 2.61. The Morgan fingerprint density at radius 2 is 1.94 bits per heavy atom. The first-order valence-electron chi connectivity index (χ1n) is 5.21. The van der Waals surface area contributed by atoms with Gasteiger partial charge in [-0.15, -0.1) is 12.4 Å². The van der Waals surface area contributed by atoms with Crippen molar-refractivity contribution in [2.75, 3.05) is 34.2 Å². The molecule has 1 fully saturated rings. The van der Waals surface area contributed by atoms with Gasteiger partial charge in [0.2, 0.25) is 11.8 Å². The Bertz CT molecular complexity index is 252. The zero-order valence-electron chi connectivity index (χ0n) is 10.0. The molecule has 1 heterocycles. The SMILES string of the molecule is CN(C)C(=O)CN(C)C(=O)C1CCCN1.Cl. The number of carbonyl (C=O) groups is 2. The highest BCUT2D eigenvalue weighted by Crippen LogP contribution is 2.07. The lowest BCUT2D eigenvalue weighted by molar-refractivity contribution is -0.139. The maximum atomic E-state index is 11.8. The number of likely N-dealkylation sites (N-methyl/N-ethyl adjacent to an activating group) is 2. The number of amides is 2. The van der Waals surface area contributed by atoms with Gasteiger partial charge in [0.15, 0.2) is 0 Å². The summed E-state index contributed by atoms with van der Waals surface area (Å²) in [5.74, 6) is -0.0356. The summed E-state index contributed by atoms with van der Waals surface area (Å²) in [6.07, 6.45) is 1.91. The fourth-order valence-electron chi connectivity index (χ4n) is 1.58. The summed E-state index contributed by atoms with van der Waals surface area (Å²) in [5, 5.41) is 3.12. The van der Waals surface area contributed by atoms with Crippen LogP contribution in [0.25, 0.3) is 0 Å². The molecule has 1 N–H and O–H groups in total. The van der Waals surface area contributed by atoms with Crippen LogP contribution in [0.2, 0.25) is 0 Å². The molecule has 0 aromatic carbocycles. The molecule has 0 radical (unpaired) electrons. The van der Waals surface area contributed by atoms with E-state index >= 15 is 0 Å². The molecule has 1 saturated heterocycles. The maximum absolute atomic E-state index is 11.8. The molecule has 0 aliphatic carbocycles. The molecule has 0 bridgehead atoms. The van der Waals surface area contributed by atoms with Gasteiger partial charge in [0.1, 0.15) is 0 Å². The Kier molecular flexibility index (Phi) is 6.36. The van der Waals surface area contributed by atoms with Crippen LogP contribution in [0.15, 0.2) is 0 Å². The van der Waals surface area contributed by atoms with Gasteiger partial charge in [-0.25, -0.2) is 0 Å². The molecule has 1 aliphatic rings. The fraction of sp³-hybridized carbons (Fsp3) is 0.800. The molecule has 6 heteroatoms. The van der Waals surface area contributed by atoms with Crippen LogP contribution in [0.1, 0.15) is 12.8 Å². The summed E-state index contributed by atoms with van der Waals surface area (Å²) in [4.78, 5) is 26.2. The van der Waals surface area contributed by atoms with Crippen molar-refractivity contribution >= 4 is 24.2 Å². The molecule has 1 unspecified atom stereocenters. The smallest absolute Gasteiger partial charge is 0.241 e. The fourth-order valence-corrected chi connectivity index (χ4v) is 1.58. The van der Waals surface area contributed by atoms with E-state index in [2.05, 4.69) is 5.32 Å². The van der Waals surface area contributed by atoms with Crippen molar-refractivity contribution in [3.8, 4) is 0 Å². The molecule has 94 valence electrons. The van der Waals surface area contributed by atoms with E-state index < -0.39 is 0 Å². The Labute approximate surface area is 103 Å². The van der Waals surface area contributed by atoms with Crippen molar-refractivity contribution in [3.05, 3.63) is 0 Å². The zero-order chi connectivity index (χ0) is 11.4. The summed E-state index contributed by atoms with van der Waals surface area (Å²) in [6.45, 7) is 1.05. The van der Waals surface area contributed by atoms with Crippen LogP contribution in [0.3, 0.4) is 0 Å². The van der Waals surface area contributed by atoms with Crippen LogP contribution in [-0.4, -0.2) is 61.9 Å². The predicted molar refractivity (Wildman–Crippen MR) is 64.6 cm³/mol. The molecular weight excluding hydrogens is 230 g/mol. The second-order valence-electron chi connectivity index (χ2n) is 4.13. The van der Waals surface area contributed by atoms with Gasteiger partial charge in [0.05, 0.1) is 12.6 Å². The summed E-state index contributed by atoms with van der Waals surface area (Å²) < 4.78 is 0. The van der Waals surface area contributed by atoms with Crippen molar-refractivity contribution in [2.45, 2.75) is 18.9 Å². The highest BCUT2D eigenvalue weighted by molar-refractivity contribution is 5.87. The van der Waals surface area contributed by atoms with E-state index in [0.717, 1.165) is 19.4 Å². The van der Waals surface area contributed by atoms with Crippen LogP contribution in [-0.2, 0) is 9.59 Å².